The molecule has 0 aliphatic rings. The maximum absolute atomic E-state index is 4.25. The van der Waals surface area contributed by atoms with E-state index in [9.17, 15) is 0 Å². The van der Waals surface area contributed by atoms with Crippen molar-refractivity contribution in [1.29, 1.82) is 0 Å². The highest BCUT2D eigenvalue weighted by molar-refractivity contribution is 5.15. The molecular formula is C13H26N4. The lowest BCUT2D eigenvalue weighted by molar-refractivity contribution is 0.270. The topological polar surface area (TPSA) is 33.1 Å². The zero-order valence-electron chi connectivity index (χ0n) is 11.8. The molecule has 0 saturated heterocycles. The summed E-state index contributed by atoms with van der Waals surface area (Å²) in [4.78, 5) is 2.44. The minimum atomic E-state index is 0.509. The molecule has 0 aliphatic heterocycles. The molecule has 0 spiro atoms. The monoisotopic (exact) mass is 238 g/mol. The molecule has 1 aromatic rings. The molecule has 1 atom stereocenters. The fraction of sp³-hybridized carbons (Fsp3) is 0.769. The van der Waals surface area contributed by atoms with Crippen molar-refractivity contribution in [3.8, 4) is 0 Å². The van der Waals surface area contributed by atoms with Crippen molar-refractivity contribution in [2.24, 2.45) is 7.05 Å². The molecule has 0 saturated carbocycles. The van der Waals surface area contributed by atoms with Gasteiger partial charge in [0.15, 0.2) is 0 Å². The molecule has 0 aliphatic carbocycles. The van der Waals surface area contributed by atoms with Crippen LogP contribution in [0, 0.1) is 6.92 Å². The number of hydrogen-bond acceptors (Lipinski definition) is 3. The van der Waals surface area contributed by atoms with Crippen LogP contribution in [0.25, 0.3) is 0 Å². The van der Waals surface area contributed by atoms with E-state index in [4.69, 9.17) is 0 Å². The van der Waals surface area contributed by atoms with Crippen LogP contribution in [0.4, 0.5) is 0 Å². The molecule has 0 amide bonds. The zero-order chi connectivity index (χ0) is 12.8. The maximum Gasteiger partial charge on any atom is 0.0537 e. The number of aromatic nitrogens is 2. The van der Waals surface area contributed by atoms with Crippen LogP contribution in [0.3, 0.4) is 0 Å². The first-order chi connectivity index (χ1) is 8.08. The molecule has 0 fully saturated rings. The smallest absolute Gasteiger partial charge is 0.0537 e. The van der Waals surface area contributed by atoms with Gasteiger partial charge in [0.2, 0.25) is 0 Å². The molecule has 17 heavy (non-hydrogen) atoms. The van der Waals surface area contributed by atoms with Crippen molar-refractivity contribution >= 4 is 0 Å². The minimum Gasteiger partial charge on any atom is -0.309 e. The molecule has 0 aromatic carbocycles. The quantitative estimate of drug-likeness (QED) is 0.782. The first-order valence-electron chi connectivity index (χ1n) is 6.51. The van der Waals surface area contributed by atoms with Gasteiger partial charge in [-0.3, -0.25) is 4.68 Å². The Bertz CT molecular complexity index is 328. The van der Waals surface area contributed by atoms with E-state index in [-0.39, 0.29) is 0 Å². The highest BCUT2D eigenvalue weighted by Crippen LogP contribution is 2.05. The Morgan fingerprint density at radius 3 is 2.53 bits per heavy atom. The van der Waals surface area contributed by atoms with E-state index in [2.05, 4.69) is 43.0 Å². The molecule has 0 radical (unpaired) electrons. The molecule has 4 heteroatoms. The molecular weight excluding hydrogens is 212 g/mol. The van der Waals surface area contributed by atoms with Gasteiger partial charge in [0, 0.05) is 37.4 Å². The van der Waals surface area contributed by atoms with Crippen LogP contribution in [-0.4, -0.2) is 40.4 Å². The summed E-state index contributed by atoms with van der Waals surface area (Å²) in [5.74, 6) is 0. The lowest BCUT2D eigenvalue weighted by Crippen LogP contribution is -2.38. The van der Waals surface area contributed by atoms with Crippen LogP contribution in [0.1, 0.15) is 32.0 Å². The van der Waals surface area contributed by atoms with Crippen molar-refractivity contribution in [3.63, 3.8) is 0 Å². The molecule has 1 rings (SSSR count). The van der Waals surface area contributed by atoms with E-state index in [1.54, 1.807) is 0 Å². The van der Waals surface area contributed by atoms with Gasteiger partial charge in [0.05, 0.1) is 6.20 Å². The Labute approximate surface area is 105 Å². The van der Waals surface area contributed by atoms with E-state index >= 15 is 0 Å². The second kappa shape index (κ2) is 6.77. The van der Waals surface area contributed by atoms with Crippen molar-refractivity contribution < 1.29 is 0 Å². The van der Waals surface area contributed by atoms with E-state index in [1.165, 1.54) is 11.3 Å². The lowest BCUT2D eigenvalue weighted by atomic mass is 10.2. The highest BCUT2D eigenvalue weighted by Gasteiger charge is 2.08. The van der Waals surface area contributed by atoms with Crippen molar-refractivity contribution in [3.05, 3.63) is 17.5 Å². The van der Waals surface area contributed by atoms with Gasteiger partial charge in [-0.05, 0) is 26.9 Å². The summed E-state index contributed by atoms with van der Waals surface area (Å²) in [6, 6.07) is 0.509. The first-order valence-corrected chi connectivity index (χ1v) is 6.51. The van der Waals surface area contributed by atoms with Crippen LogP contribution in [0.15, 0.2) is 6.20 Å². The van der Waals surface area contributed by atoms with Gasteiger partial charge in [0.1, 0.15) is 0 Å². The SMILES string of the molecule is CCN(CC)CC(C)NCc1cnn(C)c1C. The second-order valence-corrected chi connectivity index (χ2v) is 4.65. The summed E-state index contributed by atoms with van der Waals surface area (Å²) >= 11 is 0. The Hall–Kier alpha value is -0.870. The first kappa shape index (κ1) is 14.2. The normalized spacial score (nSPS) is 13.3. The zero-order valence-corrected chi connectivity index (χ0v) is 11.8. The molecule has 98 valence electrons. The maximum atomic E-state index is 4.25. The molecule has 1 N–H and O–H groups in total. The van der Waals surface area contributed by atoms with Crippen LogP contribution in [0.2, 0.25) is 0 Å². The van der Waals surface area contributed by atoms with Crippen molar-refractivity contribution in [2.75, 3.05) is 19.6 Å². The van der Waals surface area contributed by atoms with Gasteiger partial charge >= 0.3 is 0 Å². The fourth-order valence-corrected chi connectivity index (χ4v) is 1.94. The number of hydrogen-bond donors (Lipinski definition) is 1. The Morgan fingerprint density at radius 1 is 1.41 bits per heavy atom. The van der Waals surface area contributed by atoms with Crippen molar-refractivity contribution in [2.45, 2.75) is 40.3 Å². The van der Waals surface area contributed by atoms with E-state index < -0.39 is 0 Å². The minimum absolute atomic E-state index is 0.509. The third-order valence-electron chi connectivity index (χ3n) is 3.40. The van der Waals surface area contributed by atoms with Crippen LogP contribution in [0.5, 0.6) is 0 Å². The standard InChI is InChI=1S/C13H26N4/c1-6-17(7-2)10-11(3)14-8-13-9-15-16(5)12(13)4/h9,11,14H,6-8,10H2,1-5H3. The number of nitrogens with one attached hydrogen (secondary N) is 1. The van der Waals surface area contributed by atoms with Gasteiger partial charge in [-0.2, -0.15) is 5.10 Å². The predicted molar refractivity (Wildman–Crippen MR) is 72.0 cm³/mol. The molecule has 4 nitrogen and oxygen atoms in total. The summed E-state index contributed by atoms with van der Waals surface area (Å²) in [5, 5.41) is 7.81. The number of nitrogens with zero attached hydrogens (tertiary/aromatic N) is 3. The van der Waals surface area contributed by atoms with Crippen LogP contribution in [-0.2, 0) is 13.6 Å². The number of rotatable bonds is 7. The molecule has 1 heterocycles. The largest absolute Gasteiger partial charge is 0.309 e. The number of likely N-dealkylation sites (N-methyl/N-ethyl adjacent to an activating group) is 1. The van der Waals surface area contributed by atoms with E-state index in [1.807, 2.05) is 17.9 Å². The Kier molecular flexibility index (Phi) is 5.65. The second-order valence-electron chi connectivity index (χ2n) is 4.65. The summed E-state index contributed by atoms with van der Waals surface area (Å²) < 4.78 is 1.92. The molecule has 1 unspecified atom stereocenters. The molecule has 1 aromatic heterocycles. The average molecular weight is 238 g/mol. The van der Waals surface area contributed by atoms with Crippen LogP contribution >= 0.6 is 0 Å². The molecule has 0 bridgehead atoms. The average Bonchev–Trinajstić information content (AvgIpc) is 2.64. The highest BCUT2D eigenvalue weighted by atomic mass is 15.3. The Balaban J connectivity index is 2.37. The number of aryl methyl sites for hydroxylation is 1. The predicted octanol–water partition coefficient (Wildman–Crippen LogP) is 1.55. The van der Waals surface area contributed by atoms with Gasteiger partial charge in [-0.1, -0.05) is 13.8 Å². The van der Waals surface area contributed by atoms with E-state index in [0.29, 0.717) is 6.04 Å². The Morgan fingerprint density at radius 2 is 2.06 bits per heavy atom. The lowest BCUT2D eigenvalue weighted by Gasteiger charge is -2.23. The third kappa shape index (κ3) is 4.13. The van der Waals surface area contributed by atoms with Gasteiger partial charge in [-0.25, -0.2) is 0 Å². The van der Waals surface area contributed by atoms with Gasteiger partial charge in [0.25, 0.3) is 0 Å². The summed E-state index contributed by atoms with van der Waals surface area (Å²) in [6.07, 6.45) is 1.95. The van der Waals surface area contributed by atoms with Crippen molar-refractivity contribution in [1.82, 2.24) is 20.0 Å². The summed E-state index contributed by atoms with van der Waals surface area (Å²) in [6.45, 7) is 13.0. The fourth-order valence-electron chi connectivity index (χ4n) is 1.94. The van der Waals surface area contributed by atoms with E-state index in [0.717, 1.165) is 26.2 Å². The van der Waals surface area contributed by atoms with Gasteiger partial charge < -0.3 is 10.2 Å². The van der Waals surface area contributed by atoms with Gasteiger partial charge in [-0.15, -0.1) is 0 Å². The summed E-state index contributed by atoms with van der Waals surface area (Å²) in [7, 11) is 1.98. The summed E-state index contributed by atoms with van der Waals surface area (Å²) in [5.41, 5.74) is 2.53. The van der Waals surface area contributed by atoms with Crippen LogP contribution < -0.4 is 5.32 Å². The third-order valence-corrected chi connectivity index (χ3v) is 3.40.